The number of likely N-dealkylation sites (N-methyl/N-ethyl adjacent to an activating group) is 1. The summed E-state index contributed by atoms with van der Waals surface area (Å²) < 4.78 is 10.8. The highest BCUT2D eigenvalue weighted by Gasteiger charge is 2.17. The van der Waals surface area contributed by atoms with Gasteiger partial charge in [0.1, 0.15) is 0 Å². The number of unbranched alkanes of at least 4 members (excludes halogenated alkanes) is 22. The quantitative estimate of drug-likeness (QED) is 0.0542. The SMILES string of the molecule is CCCCCCCCCCCCCCOC(=O)CN(C)CCN(CC(=O)O)CC(=O)OCCCCCCCCCCCCCC. The summed E-state index contributed by atoms with van der Waals surface area (Å²) in [5, 5.41) is 9.27. The van der Waals surface area contributed by atoms with E-state index in [9.17, 15) is 19.5 Å². The van der Waals surface area contributed by atoms with Gasteiger partial charge < -0.3 is 14.6 Å². The van der Waals surface area contributed by atoms with Gasteiger partial charge in [-0.15, -0.1) is 0 Å². The zero-order valence-electron chi connectivity index (χ0n) is 29.8. The van der Waals surface area contributed by atoms with E-state index in [1.807, 2.05) is 0 Å². The Balaban J connectivity index is 3.85. The van der Waals surface area contributed by atoms with E-state index in [0.717, 1.165) is 32.1 Å². The molecule has 0 aromatic rings. The Hall–Kier alpha value is -1.67. The number of carboxylic acid groups (broad SMARTS) is 1. The summed E-state index contributed by atoms with van der Waals surface area (Å²) >= 11 is 0. The van der Waals surface area contributed by atoms with Crippen LogP contribution >= 0.6 is 0 Å². The summed E-state index contributed by atoms with van der Waals surface area (Å²) in [6, 6.07) is 0. The zero-order valence-corrected chi connectivity index (χ0v) is 29.8. The molecule has 0 aliphatic heterocycles. The van der Waals surface area contributed by atoms with Crippen LogP contribution in [-0.2, 0) is 23.9 Å². The van der Waals surface area contributed by atoms with Crippen LogP contribution < -0.4 is 0 Å². The van der Waals surface area contributed by atoms with Gasteiger partial charge in [0.05, 0.1) is 32.8 Å². The Labute approximate surface area is 277 Å². The first-order valence-electron chi connectivity index (χ1n) is 18.8. The van der Waals surface area contributed by atoms with Crippen LogP contribution in [0.3, 0.4) is 0 Å². The van der Waals surface area contributed by atoms with Crippen molar-refractivity contribution in [2.24, 2.45) is 0 Å². The van der Waals surface area contributed by atoms with E-state index in [1.165, 1.54) is 122 Å². The molecule has 0 rings (SSSR count). The largest absolute Gasteiger partial charge is 0.480 e. The van der Waals surface area contributed by atoms with Gasteiger partial charge in [0.15, 0.2) is 0 Å². The molecule has 0 aromatic carbocycles. The third-order valence-corrected chi connectivity index (χ3v) is 8.43. The Morgan fingerprint density at radius 3 is 1.16 bits per heavy atom. The average Bonchev–Trinajstić information content (AvgIpc) is 3.00. The molecule has 0 saturated carbocycles. The van der Waals surface area contributed by atoms with E-state index in [1.54, 1.807) is 16.8 Å². The van der Waals surface area contributed by atoms with Gasteiger partial charge >= 0.3 is 17.9 Å². The van der Waals surface area contributed by atoms with Gasteiger partial charge in [-0.25, -0.2) is 0 Å². The monoisotopic (exact) mass is 641 g/mol. The maximum absolute atomic E-state index is 12.3. The highest BCUT2D eigenvalue weighted by atomic mass is 16.5. The predicted molar refractivity (Wildman–Crippen MR) is 186 cm³/mol. The fourth-order valence-corrected chi connectivity index (χ4v) is 5.55. The lowest BCUT2D eigenvalue weighted by Gasteiger charge is -2.23. The van der Waals surface area contributed by atoms with Crippen molar-refractivity contribution in [1.29, 1.82) is 0 Å². The van der Waals surface area contributed by atoms with E-state index in [2.05, 4.69) is 13.8 Å². The first-order chi connectivity index (χ1) is 21.9. The second-order valence-electron chi connectivity index (χ2n) is 13.1. The minimum Gasteiger partial charge on any atom is -0.480 e. The first-order valence-corrected chi connectivity index (χ1v) is 18.8. The zero-order chi connectivity index (χ0) is 33.2. The van der Waals surface area contributed by atoms with Gasteiger partial charge in [-0.1, -0.05) is 155 Å². The number of carbonyl (C=O) groups is 3. The second kappa shape index (κ2) is 33.7. The molecular formula is C37H72N2O6. The number of aliphatic carboxylic acids is 1. The lowest BCUT2D eigenvalue weighted by atomic mass is 10.1. The standard InChI is InChI=1S/C37H72N2O6/c1-4-6-8-10-12-14-16-18-20-22-24-26-30-44-36(42)33-38(3)28-29-39(32-35(40)41)34-37(43)45-31-27-25-23-21-19-17-15-13-11-9-7-5-2/h4-34H2,1-3H3,(H,40,41). The van der Waals surface area contributed by atoms with E-state index >= 15 is 0 Å². The Morgan fingerprint density at radius 1 is 0.467 bits per heavy atom. The Morgan fingerprint density at radius 2 is 0.800 bits per heavy atom. The number of hydrogen-bond donors (Lipinski definition) is 1. The van der Waals surface area contributed by atoms with Gasteiger partial charge in [-0.3, -0.25) is 24.2 Å². The number of esters is 2. The van der Waals surface area contributed by atoms with Crippen LogP contribution in [0, 0.1) is 0 Å². The molecular weight excluding hydrogens is 568 g/mol. The van der Waals surface area contributed by atoms with Crippen molar-refractivity contribution < 1.29 is 29.0 Å². The van der Waals surface area contributed by atoms with E-state index in [0.29, 0.717) is 26.3 Å². The molecule has 0 heterocycles. The van der Waals surface area contributed by atoms with Crippen LogP contribution in [0.15, 0.2) is 0 Å². The Kier molecular flexibility index (Phi) is 32.4. The third kappa shape index (κ3) is 33.5. The number of hydrogen-bond acceptors (Lipinski definition) is 7. The molecule has 8 nitrogen and oxygen atoms in total. The third-order valence-electron chi connectivity index (χ3n) is 8.43. The molecule has 0 radical (unpaired) electrons. The second-order valence-corrected chi connectivity index (χ2v) is 13.1. The molecule has 0 aliphatic rings. The van der Waals surface area contributed by atoms with Crippen LogP contribution in [0.1, 0.15) is 168 Å². The molecule has 0 aromatic heterocycles. The molecule has 0 spiro atoms. The molecule has 0 amide bonds. The molecule has 0 aliphatic carbocycles. The van der Waals surface area contributed by atoms with Gasteiger partial charge in [0, 0.05) is 13.1 Å². The molecule has 266 valence electrons. The normalized spacial score (nSPS) is 11.4. The summed E-state index contributed by atoms with van der Waals surface area (Å²) in [6.45, 7) is 5.95. The molecule has 0 fully saturated rings. The van der Waals surface area contributed by atoms with Crippen molar-refractivity contribution in [3.05, 3.63) is 0 Å². The van der Waals surface area contributed by atoms with Gasteiger partial charge in [-0.2, -0.15) is 0 Å². The lowest BCUT2D eigenvalue weighted by molar-refractivity contribution is -0.148. The van der Waals surface area contributed by atoms with E-state index in [-0.39, 0.29) is 25.6 Å². The van der Waals surface area contributed by atoms with Crippen molar-refractivity contribution in [2.45, 2.75) is 168 Å². The fraction of sp³-hybridized carbons (Fsp3) is 0.919. The maximum Gasteiger partial charge on any atom is 0.320 e. The van der Waals surface area contributed by atoms with Gasteiger partial charge in [-0.05, 0) is 19.9 Å². The smallest absolute Gasteiger partial charge is 0.320 e. The van der Waals surface area contributed by atoms with Crippen LogP contribution in [-0.4, -0.2) is 85.8 Å². The van der Waals surface area contributed by atoms with Crippen LogP contribution in [0.2, 0.25) is 0 Å². The van der Waals surface area contributed by atoms with Crippen molar-refractivity contribution in [2.75, 3.05) is 53.0 Å². The van der Waals surface area contributed by atoms with E-state index < -0.39 is 11.9 Å². The highest BCUT2D eigenvalue weighted by Crippen LogP contribution is 2.13. The van der Waals surface area contributed by atoms with Crippen molar-refractivity contribution in [1.82, 2.24) is 9.80 Å². The lowest BCUT2D eigenvalue weighted by Crippen LogP contribution is -2.41. The minimum atomic E-state index is -0.992. The molecule has 0 atom stereocenters. The summed E-state index contributed by atoms with van der Waals surface area (Å²) in [4.78, 5) is 39.2. The molecule has 0 unspecified atom stereocenters. The molecule has 45 heavy (non-hydrogen) atoms. The predicted octanol–water partition coefficient (Wildman–Crippen LogP) is 8.79. The highest BCUT2D eigenvalue weighted by molar-refractivity contribution is 5.74. The first kappa shape index (κ1) is 43.3. The molecule has 0 saturated heterocycles. The Bertz CT molecular complexity index is 690. The fourth-order valence-electron chi connectivity index (χ4n) is 5.55. The van der Waals surface area contributed by atoms with Crippen molar-refractivity contribution in [3.63, 3.8) is 0 Å². The number of carbonyl (C=O) groups excluding carboxylic acids is 2. The number of nitrogens with zero attached hydrogens (tertiary/aromatic N) is 2. The van der Waals surface area contributed by atoms with Crippen molar-refractivity contribution >= 4 is 17.9 Å². The van der Waals surface area contributed by atoms with Crippen LogP contribution in [0.4, 0.5) is 0 Å². The number of rotatable bonds is 35. The number of ether oxygens (including phenoxy) is 2. The van der Waals surface area contributed by atoms with Crippen LogP contribution in [0.5, 0.6) is 0 Å². The average molecular weight is 641 g/mol. The van der Waals surface area contributed by atoms with Gasteiger partial charge in [0.2, 0.25) is 0 Å². The van der Waals surface area contributed by atoms with Crippen LogP contribution in [0.25, 0.3) is 0 Å². The summed E-state index contributed by atoms with van der Waals surface area (Å²) in [5.41, 5.74) is 0. The maximum atomic E-state index is 12.3. The van der Waals surface area contributed by atoms with Gasteiger partial charge in [0.25, 0.3) is 0 Å². The molecule has 8 heteroatoms. The minimum absolute atomic E-state index is 0.0677. The summed E-state index contributed by atoms with van der Waals surface area (Å²) in [6.07, 6.45) is 30.2. The topological polar surface area (TPSA) is 96.4 Å². The molecule has 1 N–H and O–H groups in total. The number of carboxylic acids is 1. The summed E-state index contributed by atoms with van der Waals surface area (Å²) in [5.74, 6) is -1.66. The summed E-state index contributed by atoms with van der Waals surface area (Å²) in [7, 11) is 1.80. The van der Waals surface area contributed by atoms with Crippen molar-refractivity contribution in [3.8, 4) is 0 Å². The van der Waals surface area contributed by atoms with E-state index in [4.69, 9.17) is 9.47 Å². The molecule has 0 bridgehead atoms.